The Kier molecular flexibility index (Phi) is 7.24. The van der Waals surface area contributed by atoms with Crippen LogP contribution in [0.25, 0.3) is 11.5 Å². The van der Waals surface area contributed by atoms with E-state index in [0.29, 0.717) is 35.3 Å². The molecule has 3 aromatic rings. The number of rotatable bonds is 9. The molecule has 1 aromatic carbocycles. The lowest BCUT2D eigenvalue weighted by atomic mass is 10.2. The van der Waals surface area contributed by atoms with Gasteiger partial charge in [0.15, 0.2) is 10.9 Å². The van der Waals surface area contributed by atoms with Crippen LogP contribution in [0.5, 0.6) is 0 Å². The van der Waals surface area contributed by atoms with E-state index in [-0.39, 0.29) is 17.6 Å². The highest BCUT2D eigenvalue weighted by molar-refractivity contribution is 8.00. The minimum absolute atomic E-state index is 0.111. The Morgan fingerprint density at radius 3 is 2.89 bits per heavy atom. The number of amides is 2. The molecule has 0 aliphatic heterocycles. The van der Waals surface area contributed by atoms with E-state index in [4.69, 9.17) is 9.15 Å². The molecule has 28 heavy (non-hydrogen) atoms. The Morgan fingerprint density at radius 1 is 1.25 bits per heavy atom. The summed E-state index contributed by atoms with van der Waals surface area (Å²) in [6.07, 6.45) is 1.58. The normalized spacial score (nSPS) is 10.6. The number of benzene rings is 1. The second-order valence-corrected chi connectivity index (χ2v) is 7.47. The van der Waals surface area contributed by atoms with Crippen molar-refractivity contribution < 1.29 is 18.7 Å². The predicted octanol–water partition coefficient (Wildman–Crippen LogP) is 3.51. The van der Waals surface area contributed by atoms with Gasteiger partial charge in [-0.15, -0.1) is 23.1 Å². The molecular weight excluding hydrogens is 398 g/mol. The Bertz CT molecular complexity index is 925. The van der Waals surface area contributed by atoms with Crippen LogP contribution in [0.4, 0.5) is 5.13 Å². The van der Waals surface area contributed by atoms with Crippen LogP contribution in [0.2, 0.25) is 0 Å². The van der Waals surface area contributed by atoms with Gasteiger partial charge >= 0.3 is 0 Å². The summed E-state index contributed by atoms with van der Waals surface area (Å²) in [7, 11) is 1.58. The van der Waals surface area contributed by atoms with Crippen LogP contribution in [0.3, 0.4) is 0 Å². The molecule has 9 heteroatoms. The molecule has 0 unspecified atom stereocenters. The molecule has 0 saturated carbocycles. The van der Waals surface area contributed by atoms with E-state index in [0.717, 1.165) is 4.90 Å². The number of nitrogens with zero attached hydrogens (tertiary/aromatic N) is 1. The standard InChI is InChI=1S/C19H19N3O4S2/c1-25-10-8-20-17(23)12-27-16-7-3-2-5-13(16)18(24)22-19-21-14(11-28-19)15-6-4-9-26-15/h2-7,9,11H,8,10,12H2,1H3,(H,20,23)(H,21,22,24). The number of ether oxygens (including phenoxy) is 1. The molecule has 2 aromatic heterocycles. The van der Waals surface area contributed by atoms with Crippen molar-refractivity contribution in [2.24, 2.45) is 0 Å². The first-order valence-corrected chi connectivity index (χ1v) is 10.3. The van der Waals surface area contributed by atoms with Gasteiger partial charge in [-0.25, -0.2) is 4.98 Å². The number of anilines is 1. The van der Waals surface area contributed by atoms with Crippen molar-refractivity contribution >= 4 is 40.0 Å². The smallest absolute Gasteiger partial charge is 0.258 e. The summed E-state index contributed by atoms with van der Waals surface area (Å²) in [5.41, 5.74) is 1.16. The maximum atomic E-state index is 12.7. The molecule has 0 atom stereocenters. The minimum Gasteiger partial charge on any atom is -0.463 e. The zero-order valence-electron chi connectivity index (χ0n) is 15.1. The molecule has 0 spiro atoms. The molecule has 3 rings (SSSR count). The van der Waals surface area contributed by atoms with E-state index in [1.54, 1.807) is 31.6 Å². The lowest BCUT2D eigenvalue weighted by Crippen LogP contribution is -2.28. The lowest BCUT2D eigenvalue weighted by Gasteiger charge is -2.09. The van der Waals surface area contributed by atoms with E-state index in [1.165, 1.54) is 23.1 Å². The minimum atomic E-state index is -0.275. The molecule has 0 fully saturated rings. The first kappa shape index (κ1) is 20.1. The molecule has 0 aliphatic rings. The second kappa shape index (κ2) is 10.1. The topological polar surface area (TPSA) is 93.5 Å². The predicted molar refractivity (Wildman–Crippen MR) is 110 cm³/mol. The number of aromatic nitrogens is 1. The van der Waals surface area contributed by atoms with Crippen LogP contribution in [0, 0.1) is 0 Å². The Morgan fingerprint density at radius 2 is 2.11 bits per heavy atom. The van der Waals surface area contributed by atoms with Crippen LogP contribution < -0.4 is 10.6 Å². The number of nitrogens with one attached hydrogen (secondary N) is 2. The summed E-state index contributed by atoms with van der Waals surface area (Å²) in [6.45, 7) is 0.920. The van der Waals surface area contributed by atoms with E-state index in [1.807, 2.05) is 23.6 Å². The number of furan rings is 1. The highest BCUT2D eigenvalue weighted by atomic mass is 32.2. The average Bonchev–Trinajstić information content (AvgIpc) is 3.38. The summed E-state index contributed by atoms with van der Waals surface area (Å²) < 4.78 is 10.2. The lowest BCUT2D eigenvalue weighted by molar-refractivity contribution is -0.118. The number of thioether (sulfide) groups is 1. The highest BCUT2D eigenvalue weighted by Crippen LogP contribution is 2.27. The van der Waals surface area contributed by atoms with E-state index >= 15 is 0 Å². The fourth-order valence-corrected chi connectivity index (χ4v) is 3.87. The molecule has 7 nitrogen and oxygen atoms in total. The van der Waals surface area contributed by atoms with Crippen molar-refractivity contribution in [2.45, 2.75) is 4.90 Å². The average molecular weight is 418 g/mol. The molecule has 0 saturated heterocycles. The third-order valence-electron chi connectivity index (χ3n) is 3.62. The van der Waals surface area contributed by atoms with Crippen LogP contribution in [-0.2, 0) is 9.53 Å². The van der Waals surface area contributed by atoms with Crippen LogP contribution in [-0.4, -0.2) is 42.8 Å². The summed E-state index contributed by atoms with van der Waals surface area (Å²) in [6, 6.07) is 10.8. The first-order chi connectivity index (χ1) is 13.7. The zero-order chi connectivity index (χ0) is 19.8. The van der Waals surface area contributed by atoms with Gasteiger partial charge in [-0.3, -0.25) is 14.9 Å². The molecule has 0 aliphatic carbocycles. The summed E-state index contributed by atoms with van der Waals surface area (Å²) in [5.74, 6) is 0.476. The second-order valence-electron chi connectivity index (χ2n) is 5.60. The largest absolute Gasteiger partial charge is 0.463 e. The number of thiazole rings is 1. The Labute approximate surface area is 170 Å². The van der Waals surface area contributed by atoms with Gasteiger partial charge in [0, 0.05) is 23.9 Å². The van der Waals surface area contributed by atoms with E-state index < -0.39 is 0 Å². The summed E-state index contributed by atoms with van der Waals surface area (Å²) >= 11 is 2.63. The summed E-state index contributed by atoms with van der Waals surface area (Å²) in [5, 5.41) is 7.86. The first-order valence-electron chi connectivity index (χ1n) is 8.45. The van der Waals surface area contributed by atoms with Crippen molar-refractivity contribution in [3.63, 3.8) is 0 Å². The molecule has 0 bridgehead atoms. The third kappa shape index (κ3) is 5.44. The van der Waals surface area contributed by atoms with Crippen LogP contribution >= 0.6 is 23.1 Å². The molecule has 146 valence electrons. The van der Waals surface area contributed by atoms with E-state index in [2.05, 4.69) is 15.6 Å². The molecular formula is C19H19N3O4S2. The van der Waals surface area contributed by atoms with Crippen molar-refractivity contribution in [3.8, 4) is 11.5 Å². The van der Waals surface area contributed by atoms with Gasteiger partial charge in [0.05, 0.1) is 24.2 Å². The fraction of sp³-hybridized carbons (Fsp3) is 0.211. The molecule has 2 N–H and O–H groups in total. The van der Waals surface area contributed by atoms with E-state index in [9.17, 15) is 9.59 Å². The monoisotopic (exact) mass is 417 g/mol. The number of methoxy groups -OCH3 is 1. The molecule has 0 radical (unpaired) electrons. The number of carbonyl (C=O) groups is 2. The number of hydrogen-bond donors (Lipinski definition) is 2. The van der Waals surface area contributed by atoms with Gasteiger partial charge < -0.3 is 14.5 Å². The third-order valence-corrected chi connectivity index (χ3v) is 5.45. The zero-order valence-corrected chi connectivity index (χ0v) is 16.8. The quantitative estimate of drug-likeness (QED) is 0.409. The SMILES string of the molecule is COCCNC(=O)CSc1ccccc1C(=O)Nc1nc(-c2ccco2)cs1. The van der Waals surface area contributed by atoms with Crippen molar-refractivity contribution in [1.82, 2.24) is 10.3 Å². The Balaban J connectivity index is 1.62. The van der Waals surface area contributed by atoms with Gasteiger partial charge in [0.1, 0.15) is 5.69 Å². The van der Waals surface area contributed by atoms with Crippen molar-refractivity contribution in [3.05, 3.63) is 53.6 Å². The summed E-state index contributed by atoms with van der Waals surface area (Å²) in [4.78, 5) is 29.7. The van der Waals surface area contributed by atoms with Gasteiger partial charge in [-0.05, 0) is 24.3 Å². The molecule has 2 heterocycles. The van der Waals surface area contributed by atoms with Gasteiger partial charge in [-0.2, -0.15) is 0 Å². The van der Waals surface area contributed by atoms with Gasteiger partial charge in [0.25, 0.3) is 5.91 Å². The molecule has 2 amide bonds. The van der Waals surface area contributed by atoms with Crippen molar-refractivity contribution in [2.75, 3.05) is 31.3 Å². The Hall–Kier alpha value is -2.62. The van der Waals surface area contributed by atoms with Gasteiger partial charge in [-0.1, -0.05) is 12.1 Å². The van der Waals surface area contributed by atoms with Crippen LogP contribution in [0.1, 0.15) is 10.4 Å². The van der Waals surface area contributed by atoms with Crippen molar-refractivity contribution in [1.29, 1.82) is 0 Å². The number of carbonyl (C=O) groups excluding carboxylic acids is 2. The maximum Gasteiger partial charge on any atom is 0.258 e. The fourth-order valence-electron chi connectivity index (χ4n) is 2.30. The number of hydrogen-bond acceptors (Lipinski definition) is 7. The highest BCUT2D eigenvalue weighted by Gasteiger charge is 2.15. The van der Waals surface area contributed by atoms with Gasteiger partial charge in [0.2, 0.25) is 5.91 Å². The van der Waals surface area contributed by atoms with Crippen LogP contribution in [0.15, 0.2) is 57.4 Å². The maximum absolute atomic E-state index is 12.7.